The maximum atomic E-state index is 4.27. The largest absolute Gasteiger partial charge is 0.307 e. The third-order valence-electron chi connectivity index (χ3n) is 2.31. The molecule has 2 aromatic rings. The fraction of sp³-hybridized carbons (Fsp3) is 0.444. The van der Waals surface area contributed by atoms with Crippen molar-refractivity contribution in [3.8, 4) is 0 Å². The highest BCUT2D eigenvalue weighted by molar-refractivity contribution is 9.10. The molecule has 0 amide bonds. The Balaban J connectivity index is 2.44. The highest BCUT2D eigenvalue weighted by Gasteiger charge is 2.22. The summed E-state index contributed by atoms with van der Waals surface area (Å²) in [6, 6.07) is 0.0700. The second kappa shape index (κ2) is 4.60. The molecule has 0 aliphatic heterocycles. The molecule has 5 nitrogen and oxygen atoms in total. The Kier molecular flexibility index (Phi) is 3.36. The Labute approximate surface area is 106 Å². The summed E-state index contributed by atoms with van der Waals surface area (Å²) >= 11 is 5.09. The first kappa shape index (κ1) is 11.7. The first-order chi connectivity index (χ1) is 7.63. The van der Waals surface area contributed by atoms with Gasteiger partial charge in [-0.1, -0.05) is 5.21 Å². The lowest BCUT2D eigenvalue weighted by atomic mass is 10.2. The van der Waals surface area contributed by atoms with Crippen LogP contribution in [0.4, 0.5) is 0 Å². The van der Waals surface area contributed by atoms with Crippen LogP contribution in [0.5, 0.6) is 0 Å². The van der Waals surface area contributed by atoms with Gasteiger partial charge in [-0.25, -0.2) is 9.67 Å². The average molecular weight is 302 g/mol. The van der Waals surface area contributed by atoms with Gasteiger partial charge in [0, 0.05) is 18.1 Å². The topological polar surface area (TPSA) is 55.6 Å². The van der Waals surface area contributed by atoms with Crippen molar-refractivity contribution in [2.24, 2.45) is 7.05 Å². The molecular formula is C9H12BrN5S. The summed E-state index contributed by atoms with van der Waals surface area (Å²) in [4.78, 5) is 5.43. The van der Waals surface area contributed by atoms with Crippen LogP contribution in [0.2, 0.25) is 0 Å². The lowest BCUT2D eigenvalue weighted by molar-refractivity contribution is 0.602. The van der Waals surface area contributed by atoms with E-state index in [9.17, 15) is 0 Å². The Morgan fingerprint density at radius 1 is 1.56 bits per heavy atom. The fourth-order valence-corrected chi connectivity index (χ4v) is 3.03. The molecule has 2 aromatic heterocycles. The van der Waals surface area contributed by atoms with Gasteiger partial charge in [0.25, 0.3) is 0 Å². The van der Waals surface area contributed by atoms with Gasteiger partial charge in [0.15, 0.2) is 4.60 Å². The number of halogens is 1. The summed E-state index contributed by atoms with van der Waals surface area (Å²) in [6.45, 7) is 2.00. The Morgan fingerprint density at radius 3 is 2.75 bits per heavy atom. The SMILES string of the molecule is CNC(c1cnc(C)s1)c1c(Br)nnn1C. The second-order valence-electron chi connectivity index (χ2n) is 3.39. The van der Waals surface area contributed by atoms with Gasteiger partial charge in [-0.2, -0.15) is 0 Å². The Hall–Kier alpha value is -0.790. The minimum absolute atomic E-state index is 0.0700. The zero-order valence-electron chi connectivity index (χ0n) is 9.23. The number of aryl methyl sites for hydroxylation is 2. The number of rotatable bonds is 3. The number of nitrogens with one attached hydrogen (secondary N) is 1. The molecule has 1 atom stereocenters. The molecule has 2 heterocycles. The summed E-state index contributed by atoms with van der Waals surface area (Å²) in [5, 5.41) is 12.3. The second-order valence-corrected chi connectivity index (χ2v) is 5.41. The molecule has 86 valence electrons. The molecule has 0 saturated heterocycles. The van der Waals surface area contributed by atoms with Crippen molar-refractivity contribution >= 4 is 27.3 Å². The molecular weight excluding hydrogens is 290 g/mol. The van der Waals surface area contributed by atoms with Crippen LogP contribution in [0.15, 0.2) is 10.8 Å². The predicted octanol–water partition coefficient (Wildman–Crippen LogP) is 1.65. The van der Waals surface area contributed by atoms with Gasteiger partial charge in [-0.15, -0.1) is 16.4 Å². The lowest BCUT2D eigenvalue weighted by Gasteiger charge is -2.13. The fourth-order valence-electron chi connectivity index (χ4n) is 1.57. The van der Waals surface area contributed by atoms with E-state index >= 15 is 0 Å². The number of thiazole rings is 1. The molecule has 0 saturated carbocycles. The van der Waals surface area contributed by atoms with Crippen LogP contribution in [-0.2, 0) is 7.05 Å². The molecule has 16 heavy (non-hydrogen) atoms. The van der Waals surface area contributed by atoms with Crippen molar-refractivity contribution in [2.45, 2.75) is 13.0 Å². The zero-order valence-corrected chi connectivity index (χ0v) is 11.6. The smallest absolute Gasteiger partial charge is 0.153 e. The highest BCUT2D eigenvalue weighted by Crippen LogP contribution is 2.29. The van der Waals surface area contributed by atoms with E-state index in [0.717, 1.165) is 20.2 Å². The summed E-state index contributed by atoms with van der Waals surface area (Å²) in [6.07, 6.45) is 1.89. The molecule has 0 spiro atoms. The van der Waals surface area contributed by atoms with Crippen molar-refractivity contribution in [3.63, 3.8) is 0 Å². The molecule has 0 aromatic carbocycles. The predicted molar refractivity (Wildman–Crippen MR) is 66.5 cm³/mol. The molecule has 1 unspecified atom stereocenters. The van der Waals surface area contributed by atoms with Crippen LogP contribution in [0, 0.1) is 6.92 Å². The summed E-state index contributed by atoms with van der Waals surface area (Å²) < 4.78 is 2.53. The zero-order chi connectivity index (χ0) is 11.7. The minimum atomic E-state index is 0.0700. The maximum absolute atomic E-state index is 4.27. The van der Waals surface area contributed by atoms with Crippen molar-refractivity contribution < 1.29 is 0 Å². The summed E-state index contributed by atoms with van der Waals surface area (Å²) in [5.74, 6) is 0. The van der Waals surface area contributed by atoms with E-state index < -0.39 is 0 Å². The van der Waals surface area contributed by atoms with Gasteiger partial charge < -0.3 is 5.32 Å². The third kappa shape index (κ3) is 2.02. The normalized spacial score (nSPS) is 13.0. The van der Waals surface area contributed by atoms with E-state index in [0.29, 0.717) is 0 Å². The molecule has 0 radical (unpaired) electrons. The van der Waals surface area contributed by atoms with Crippen LogP contribution in [-0.4, -0.2) is 27.0 Å². The average Bonchev–Trinajstić information content (AvgIpc) is 2.80. The van der Waals surface area contributed by atoms with Crippen molar-refractivity contribution in [1.82, 2.24) is 25.3 Å². The van der Waals surface area contributed by atoms with Crippen LogP contribution < -0.4 is 5.32 Å². The number of hydrogen-bond acceptors (Lipinski definition) is 5. The van der Waals surface area contributed by atoms with Gasteiger partial charge in [-0.3, -0.25) is 0 Å². The van der Waals surface area contributed by atoms with Crippen LogP contribution in [0.25, 0.3) is 0 Å². The number of aromatic nitrogens is 4. The Bertz CT molecular complexity index is 472. The maximum Gasteiger partial charge on any atom is 0.153 e. The van der Waals surface area contributed by atoms with Gasteiger partial charge in [0.2, 0.25) is 0 Å². The monoisotopic (exact) mass is 301 g/mol. The molecule has 0 aliphatic rings. The Morgan fingerprint density at radius 2 is 2.31 bits per heavy atom. The van der Waals surface area contributed by atoms with E-state index in [1.54, 1.807) is 16.0 Å². The highest BCUT2D eigenvalue weighted by atomic mass is 79.9. The van der Waals surface area contributed by atoms with Crippen LogP contribution >= 0.6 is 27.3 Å². The molecule has 0 aliphatic carbocycles. The third-order valence-corrected chi connectivity index (χ3v) is 3.85. The van der Waals surface area contributed by atoms with Crippen molar-refractivity contribution in [1.29, 1.82) is 0 Å². The van der Waals surface area contributed by atoms with Gasteiger partial charge in [0.1, 0.15) is 0 Å². The van der Waals surface area contributed by atoms with Crippen molar-refractivity contribution in [2.75, 3.05) is 7.05 Å². The standard InChI is InChI=1S/C9H12BrN5S/c1-5-12-4-6(16-5)7(11-2)8-9(10)13-14-15(8)3/h4,7,11H,1-3H3. The molecule has 1 N–H and O–H groups in total. The van der Waals surface area contributed by atoms with E-state index in [2.05, 4.69) is 36.5 Å². The quantitative estimate of drug-likeness (QED) is 0.937. The van der Waals surface area contributed by atoms with Crippen LogP contribution in [0.3, 0.4) is 0 Å². The molecule has 7 heteroatoms. The van der Waals surface area contributed by atoms with E-state index in [1.165, 1.54) is 0 Å². The number of hydrogen-bond donors (Lipinski definition) is 1. The van der Waals surface area contributed by atoms with Crippen molar-refractivity contribution in [3.05, 3.63) is 26.4 Å². The number of nitrogens with zero attached hydrogens (tertiary/aromatic N) is 4. The first-order valence-corrected chi connectivity index (χ1v) is 6.39. The van der Waals surface area contributed by atoms with Gasteiger partial charge in [0.05, 0.1) is 16.7 Å². The lowest BCUT2D eigenvalue weighted by Crippen LogP contribution is -2.20. The van der Waals surface area contributed by atoms with Gasteiger partial charge >= 0.3 is 0 Å². The van der Waals surface area contributed by atoms with Gasteiger partial charge in [-0.05, 0) is 29.9 Å². The van der Waals surface area contributed by atoms with Crippen LogP contribution in [0.1, 0.15) is 21.6 Å². The molecule has 0 bridgehead atoms. The first-order valence-electron chi connectivity index (χ1n) is 4.78. The van der Waals surface area contributed by atoms with E-state index in [-0.39, 0.29) is 6.04 Å². The minimum Gasteiger partial charge on any atom is -0.307 e. The summed E-state index contributed by atoms with van der Waals surface area (Å²) in [5.41, 5.74) is 1.01. The molecule has 2 rings (SSSR count). The summed E-state index contributed by atoms with van der Waals surface area (Å²) in [7, 11) is 3.80. The molecule has 0 fully saturated rings. The van der Waals surface area contributed by atoms with E-state index in [1.807, 2.05) is 27.2 Å². The van der Waals surface area contributed by atoms with E-state index in [4.69, 9.17) is 0 Å².